The number of hydrogen-bond donors (Lipinski definition) is 1. The van der Waals surface area contributed by atoms with Crippen LogP contribution in [0.4, 0.5) is 10.5 Å². The van der Waals surface area contributed by atoms with Crippen molar-refractivity contribution in [3.63, 3.8) is 0 Å². The van der Waals surface area contributed by atoms with Crippen molar-refractivity contribution in [3.05, 3.63) is 36.5 Å². The molecule has 0 saturated carbocycles. The molecular formula is C18H22N4O3. The van der Waals surface area contributed by atoms with Gasteiger partial charge in [0.05, 0.1) is 24.4 Å². The van der Waals surface area contributed by atoms with Crippen molar-refractivity contribution >= 4 is 28.6 Å². The quantitative estimate of drug-likeness (QED) is 0.919. The average Bonchev–Trinajstić information content (AvgIpc) is 2.66. The minimum Gasteiger partial charge on any atom is -0.450 e. The first kappa shape index (κ1) is 17.0. The highest BCUT2D eigenvalue weighted by atomic mass is 16.6. The number of carbonyl (C=O) groups is 2. The van der Waals surface area contributed by atoms with Gasteiger partial charge in [0.1, 0.15) is 0 Å². The van der Waals surface area contributed by atoms with Crippen molar-refractivity contribution in [1.82, 2.24) is 14.8 Å². The molecule has 7 nitrogen and oxygen atoms in total. The minimum absolute atomic E-state index is 0.0106. The molecule has 2 heterocycles. The van der Waals surface area contributed by atoms with Gasteiger partial charge in [-0.25, -0.2) is 4.79 Å². The molecular weight excluding hydrogens is 320 g/mol. The molecule has 0 radical (unpaired) electrons. The maximum atomic E-state index is 12.4. The predicted molar refractivity (Wildman–Crippen MR) is 95.4 cm³/mol. The molecule has 7 heteroatoms. The summed E-state index contributed by atoms with van der Waals surface area (Å²) in [5.74, 6) is 0.0106. The predicted octanol–water partition coefficient (Wildman–Crippen LogP) is 1.95. The summed E-state index contributed by atoms with van der Waals surface area (Å²) in [6, 6.07) is 9.73. The molecule has 1 aromatic heterocycles. The number of amides is 2. The average molecular weight is 342 g/mol. The van der Waals surface area contributed by atoms with Crippen LogP contribution in [0, 0.1) is 0 Å². The van der Waals surface area contributed by atoms with E-state index in [-0.39, 0.29) is 18.5 Å². The van der Waals surface area contributed by atoms with Crippen molar-refractivity contribution < 1.29 is 14.3 Å². The van der Waals surface area contributed by atoms with E-state index < -0.39 is 0 Å². The fourth-order valence-corrected chi connectivity index (χ4v) is 2.88. The van der Waals surface area contributed by atoms with E-state index in [4.69, 9.17) is 4.74 Å². The molecule has 1 aliphatic heterocycles. The number of hydrogen-bond acceptors (Lipinski definition) is 5. The molecule has 25 heavy (non-hydrogen) atoms. The Morgan fingerprint density at radius 2 is 1.84 bits per heavy atom. The van der Waals surface area contributed by atoms with E-state index in [0.29, 0.717) is 32.8 Å². The number of ether oxygens (including phenoxy) is 1. The van der Waals surface area contributed by atoms with Crippen LogP contribution < -0.4 is 5.32 Å². The summed E-state index contributed by atoms with van der Waals surface area (Å²) in [6.45, 7) is 4.39. The molecule has 0 atom stereocenters. The minimum atomic E-state index is -0.311. The fourth-order valence-electron chi connectivity index (χ4n) is 2.88. The van der Waals surface area contributed by atoms with E-state index in [0.717, 1.165) is 16.6 Å². The largest absolute Gasteiger partial charge is 0.450 e. The Morgan fingerprint density at radius 3 is 2.60 bits per heavy atom. The third-order valence-corrected chi connectivity index (χ3v) is 4.22. The molecule has 0 unspecified atom stereocenters. The number of rotatable bonds is 4. The van der Waals surface area contributed by atoms with Gasteiger partial charge in [-0.05, 0) is 19.1 Å². The van der Waals surface area contributed by atoms with E-state index in [9.17, 15) is 9.59 Å². The number of pyridine rings is 1. The Bertz CT molecular complexity index is 752. The molecule has 1 aromatic carbocycles. The topological polar surface area (TPSA) is 74.8 Å². The lowest BCUT2D eigenvalue weighted by molar-refractivity contribution is -0.130. The maximum Gasteiger partial charge on any atom is 0.409 e. The summed E-state index contributed by atoms with van der Waals surface area (Å²) in [7, 11) is 0. The highest BCUT2D eigenvalue weighted by molar-refractivity contribution is 5.92. The van der Waals surface area contributed by atoms with Crippen molar-refractivity contribution in [2.45, 2.75) is 6.92 Å². The van der Waals surface area contributed by atoms with Crippen LogP contribution in [0.1, 0.15) is 6.92 Å². The number of anilines is 1. The third kappa shape index (κ3) is 3.99. The molecule has 0 bridgehead atoms. The Hall–Kier alpha value is -2.83. The van der Waals surface area contributed by atoms with Crippen LogP contribution in [0.2, 0.25) is 0 Å². The van der Waals surface area contributed by atoms with Crippen LogP contribution >= 0.6 is 0 Å². The lowest BCUT2D eigenvalue weighted by Crippen LogP contribution is -2.51. The molecule has 1 aliphatic rings. The van der Waals surface area contributed by atoms with E-state index in [1.54, 1.807) is 22.9 Å². The van der Waals surface area contributed by atoms with Crippen LogP contribution in [-0.2, 0) is 9.53 Å². The van der Waals surface area contributed by atoms with Crippen LogP contribution in [0.25, 0.3) is 10.9 Å². The van der Waals surface area contributed by atoms with E-state index in [1.165, 1.54) is 0 Å². The number of carbonyl (C=O) groups excluding carboxylic acids is 2. The molecule has 2 aromatic rings. The van der Waals surface area contributed by atoms with Gasteiger partial charge in [-0.15, -0.1) is 0 Å². The van der Waals surface area contributed by atoms with E-state index in [1.807, 2.05) is 30.3 Å². The summed E-state index contributed by atoms with van der Waals surface area (Å²) in [6.07, 6.45) is 1.43. The number of para-hydroxylation sites is 1. The first-order valence-corrected chi connectivity index (χ1v) is 8.46. The molecule has 132 valence electrons. The van der Waals surface area contributed by atoms with Crippen LogP contribution in [0.3, 0.4) is 0 Å². The summed E-state index contributed by atoms with van der Waals surface area (Å²) in [5.41, 5.74) is 1.70. The number of nitrogens with one attached hydrogen (secondary N) is 1. The number of fused-ring (bicyclic) bond motifs is 1. The second kappa shape index (κ2) is 7.83. The summed E-state index contributed by atoms with van der Waals surface area (Å²) in [5, 5.41) is 4.21. The first-order valence-electron chi connectivity index (χ1n) is 8.46. The van der Waals surface area contributed by atoms with Gasteiger partial charge < -0.3 is 19.9 Å². The number of piperazine rings is 1. The molecule has 3 rings (SSSR count). The van der Waals surface area contributed by atoms with Gasteiger partial charge in [-0.2, -0.15) is 0 Å². The normalized spacial score (nSPS) is 14.4. The molecule has 1 saturated heterocycles. The van der Waals surface area contributed by atoms with E-state index >= 15 is 0 Å². The highest BCUT2D eigenvalue weighted by Gasteiger charge is 2.24. The van der Waals surface area contributed by atoms with Crippen LogP contribution in [0.15, 0.2) is 36.5 Å². The monoisotopic (exact) mass is 342 g/mol. The lowest BCUT2D eigenvalue weighted by Gasteiger charge is -2.34. The molecule has 1 fully saturated rings. The van der Waals surface area contributed by atoms with Gasteiger partial charge in [0.15, 0.2) is 0 Å². The molecule has 1 N–H and O–H groups in total. The second-order valence-electron chi connectivity index (χ2n) is 5.80. The van der Waals surface area contributed by atoms with Crippen LogP contribution in [0.5, 0.6) is 0 Å². The molecule has 0 aliphatic carbocycles. The van der Waals surface area contributed by atoms with Crippen molar-refractivity contribution in [3.8, 4) is 0 Å². The van der Waals surface area contributed by atoms with Crippen LogP contribution in [-0.4, -0.2) is 66.1 Å². The summed E-state index contributed by atoms with van der Waals surface area (Å²) >= 11 is 0. The number of aromatic nitrogens is 1. The molecule has 2 amide bonds. The fraction of sp³-hybridized carbons (Fsp3) is 0.389. The SMILES string of the molecule is CCOC(=O)N1CCN(C(=O)CNc2cccc3cccnc23)CC1. The standard InChI is InChI=1S/C18H22N4O3/c1-2-25-18(24)22-11-9-21(10-12-22)16(23)13-20-15-7-3-5-14-6-4-8-19-17(14)15/h3-8,20H,2,9-13H2,1H3. The Kier molecular flexibility index (Phi) is 5.33. The Labute approximate surface area is 146 Å². The zero-order chi connectivity index (χ0) is 17.6. The van der Waals surface area contributed by atoms with Gasteiger partial charge in [-0.3, -0.25) is 9.78 Å². The number of benzene rings is 1. The third-order valence-electron chi connectivity index (χ3n) is 4.22. The smallest absolute Gasteiger partial charge is 0.409 e. The van der Waals surface area contributed by atoms with Gasteiger partial charge in [0, 0.05) is 37.8 Å². The van der Waals surface area contributed by atoms with Gasteiger partial charge in [0.2, 0.25) is 5.91 Å². The van der Waals surface area contributed by atoms with Crippen molar-refractivity contribution in [1.29, 1.82) is 0 Å². The molecule has 0 spiro atoms. The summed E-state index contributed by atoms with van der Waals surface area (Å²) in [4.78, 5) is 31.9. The van der Waals surface area contributed by atoms with Crippen molar-refractivity contribution in [2.75, 3.05) is 44.6 Å². The number of nitrogens with zero attached hydrogens (tertiary/aromatic N) is 3. The zero-order valence-electron chi connectivity index (χ0n) is 14.3. The van der Waals surface area contributed by atoms with E-state index in [2.05, 4.69) is 10.3 Å². The van der Waals surface area contributed by atoms with Gasteiger partial charge in [0.25, 0.3) is 0 Å². The Balaban J connectivity index is 1.54. The zero-order valence-corrected chi connectivity index (χ0v) is 14.3. The van der Waals surface area contributed by atoms with Crippen molar-refractivity contribution in [2.24, 2.45) is 0 Å². The highest BCUT2D eigenvalue weighted by Crippen LogP contribution is 2.20. The summed E-state index contributed by atoms with van der Waals surface area (Å²) < 4.78 is 4.99. The lowest BCUT2D eigenvalue weighted by atomic mass is 10.2. The Morgan fingerprint density at radius 1 is 1.12 bits per heavy atom. The van der Waals surface area contributed by atoms with Gasteiger partial charge in [-0.1, -0.05) is 18.2 Å². The maximum absolute atomic E-state index is 12.4. The first-order chi connectivity index (χ1) is 12.2. The van der Waals surface area contributed by atoms with Gasteiger partial charge >= 0.3 is 6.09 Å². The second-order valence-corrected chi connectivity index (χ2v) is 5.80.